The first-order valence-electron chi connectivity index (χ1n) is 21.8. The van der Waals surface area contributed by atoms with Crippen molar-refractivity contribution in [2.45, 2.75) is 50.5 Å². The lowest BCUT2D eigenvalue weighted by Crippen LogP contribution is -2.34. The Hall–Kier alpha value is -6.90. The van der Waals surface area contributed by atoms with E-state index in [4.69, 9.17) is 0 Å². The first-order valence-corrected chi connectivity index (χ1v) is 21.8. The summed E-state index contributed by atoms with van der Waals surface area (Å²) in [6, 6.07) is 69.7. The van der Waals surface area contributed by atoms with Crippen LogP contribution in [0.5, 0.6) is 0 Å². The van der Waals surface area contributed by atoms with Gasteiger partial charge in [-0.15, -0.1) is 0 Å². The van der Waals surface area contributed by atoms with Crippen molar-refractivity contribution >= 4 is 49.5 Å². The van der Waals surface area contributed by atoms with Gasteiger partial charge in [-0.25, -0.2) is 0 Å². The number of rotatable bonds is 8. The van der Waals surface area contributed by atoms with Gasteiger partial charge in [-0.1, -0.05) is 195 Å². The number of aromatic nitrogens is 1. The average Bonchev–Trinajstić information content (AvgIpc) is 3.68. The molecule has 11 rings (SSSR count). The van der Waals surface area contributed by atoms with Crippen LogP contribution in [0.3, 0.4) is 0 Å². The molecule has 1 aromatic heterocycles. The molecular weight excluding hydrogens is 725 g/mol. The molecule has 0 N–H and O–H groups in total. The zero-order chi connectivity index (χ0) is 39.8. The van der Waals surface area contributed by atoms with Gasteiger partial charge in [-0.05, 0) is 99.7 Å². The second-order valence-corrected chi connectivity index (χ2v) is 16.6. The number of fused-ring (bicyclic) bond motifs is 4. The van der Waals surface area contributed by atoms with Gasteiger partial charge in [-0.2, -0.15) is 0 Å². The molecule has 290 valence electrons. The second-order valence-electron chi connectivity index (χ2n) is 16.6. The zero-order valence-corrected chi connectivity index (χ0v) is 33.9. The first-order chi connectivity index (χ1) is 29.8. The van der Waals surface area contributed by atoms with Crippen molar-refractivity contribution in [1.29, 1.82) is 0 Å². The SMILES string of the molecule is C1=CCC(N(c2ccccc2-c2ccc(-c3ccccc3)cc2)c2cccc3c4ccccc4n(-c4ccccc4)c23)C(c2cccc3cccc(C4CCCCC4)c23)=C1. The second kappa shape index (κ2) is 15.7. The van der Waals surface area contributed by atoms with Crippen LogP contribution in [0.15, 0.2) is 206 Å². The predicted molar refractivity (Wildman–Crippen MR) is 256 cm³/mol. The molecule has 2 heteroatoms. The van der Waals surface area contributed by atoms with Gasteiger partial charge in [0.05, 0.1) is 22.8 Å². The lowest BCUT2D eigenvalue weighted by Gasteiger charge is -2.38. The number of benzene rings is 8. The molecule has 0 radical (unpaired) electrons. The van der Waals surface area contributed by atoms with E-state index in [1.807, 2.05) is 0 Å². The van der Waals surface area contributed by atoms with E-state index in [0.717, 1.165) is 12.1 Å². The van der Waals surface area contributed by atoms with E-state index in [1.165, 1.54) is 115 Å². The monoisotopic (exact) mass is 772 g/mol. The van der Waals surface area contributed by atoms with Crippen molar-refractivity contribution in [3.05, 3.63) is 217 Å². The highest BCUT2D eigenvalue weighted by molar-refractivity contribution is 6.14. The highest BCUT2D eigenvalue weighted by atomic mass is 15.2. The number of hydrogen-bond acceptors (Lipinski definition) is 1. The lowest BCUT2D eigenvalue weighted by molar-refractivity contribution is 0.445. The molecule has 1 atom stereocenters. The van der Waals surface area contributed by atoms with E-state index in [0.29, 0.717) is 5.92 Å². The standard InChI is InChI=1S/C58H48N2/c1-4-19-41(20-5-1)42-37-39-44(40-38-42)47-27-10-13-33-53(47)60(56-36-18-32-52-50-29-12-14-34-54(50)59(58(52)56)46-25-8-3-9-26-46)55-35-15-11-28-49(55)51-31-17-24-45-23-16-30-48(57(45)51)43-21-6-2-7-22-43/h1,3-5,8-20,23-34,36-40,43,55H,2,6-7,21-22,35H2. The summed E-state index contributed by atoms with van der Waals surface area (Å²) in [5, 5.41) is 5.28. The Balaban J connectivity index is 1.17. The molecule has 0 amide bonds. The molecule has 1 saturated carbocycles. The van der Waals surface area contributed by atoms with Crippen molar-refractivity contribution in [3.8, 4) is 27.9 Å². The van der Waals surface area contributed by atoms with Crippen LogP contribution in [-0.2, 0) is 0 Å². The Kier molecular flexibility index (Phi) is 9.47. The van der Waals surface area contributed by atoms with Crippen LogP contribution in [-0.4, -0.2) is 10.6 Å². The average molecular weight is 773 g/mol. The molecule has 2 nitrogen and oxygen atoms in total. The van der Waals surface area contributed by atoms with Crippen LogP contribution in [0.25, 0.3) is 66.1 Å². The van der Waals surface area contributed by atoms with Gasteiger partial charge < -0.3 is 9.47 Å². The fourth-order valence-electron chi connectivity index (χ4n) is 10.4. The highest BCUT2D eigenvalue weighted by Gasteiger charge is 2.32. The quantitative estimate of drug-likeness (QED) is 0.149. The maximum atomic E-state index is 2.69. The molecule has 1 unspecified atom stereocenters. The minimum Gasteiger partial charge on any atom is -0.331 e. The first kappa shape index (κ1) is 36.2. The third kappa shape index (κ3) is 6.35. The number of para-hydroxylation sites is 4. The topological polar surface area (TPSA) is 8.17 Å². The van der Waals surface area contributed by atoms with E-state index in [1.54, 1.807) is 0 Å². The lowest BCUT2D eigenvalue weighted by atomic mass is 9.79. The molecular formula is C58H48N2. The Morgan fingerprint density at radius 2 is 1.12 bits per heavy atom. The smallest absolute Gasteiger partial charge is 0.0779 e. The largest absolute Gasteiger partial charge is 0.331 e. The summed E-state index contributed by atoms with van der Waals surface area (Å²) in [7, 11) is 0. The van der Waals surface area contributed by atoms with Crippen LogP contribution in [0.1, 0.15) is 55.6 Å². The van der Waals surface area contributed by atoms with E-state index in [9.17, 15) is 0 Å². The van der Waals surface area contributed by atoms with E-state index >= 15 is 0 Å². The highest BCUT2D eigenvalue weighted by Crippen LogP contribution is 2.48. The Morgan fingerprint density at radius 1 is 0.483 bits per heavy atom. The number of allylic oxidation sites excluding steroid dienone is 2. The zero-order valence-electron chi connectivity index (χ0n) is 33.9. The van der Waals surface area contributed by atoms with Crippen LogP contribution < -0.4 is 4.90 Å². The fourth-order valence-corrected chi connectivity index (χ4v) is 10.4. The molecule has 0 bridgehead atoms. The van der Waals surface area contributed by atoms with Gasteiger partial charge in [0.1, 0.15) is 0 Å². The summed E-state index contributed by atoms with van der Waals surface area (Å²) >= 11 is 0. The van der Waals surface area contributed by atoms with Crippen molar-refractivity contribution in [2.75, 3.05) is 4.90 Å². The maximum Gasteiger partial charge on any atom is 0.0779 e. The molecule has 0 spiro atoms. The summed E-state index contributed by atoms with van der Waals surface area (Å²) in [5.41, 5.74) is 15.1. The predicted octanol–water partition coefficient (Wildman–Crippen LogP) is 15.9. The summed E-state index contributed by atoms with van der Waals surface area (Å²) in [6.45, 7) is 0. The van der Waals surface area contributed by atoms with E-state index in [2.05, 4.69) is 216 Å². The van der Waals surface area contributed by atoms with Crippen molar-refractivity contribution < 1.29 is 0 Å². The molecule has 1 fully saturated rings. The molecule has 1 heterocycles. The van der Waals surface area contributed by atoms with Crippen LogP contribution in [0.4, 0.5) is 11.4 Å². The molecule has 8 aromatic carbocycles. The van der Waals surface area contributed by atoms with Crippen molar-refractivity contribution in [2.24, 2.45) is 0 Å². The van der Waals surface area contributed by atoms with Crippen LogP contribution in [0, 0.1) is 0 Å². The van der Waals surface area contributed by atoms with Crippen LogP contribution in [0.2, 0.25) is 0 Å². The maximum absolute atomic E-state index is 2.69. The third-order valence-electron chi connectivity index (χ3n) is 13.1. The summed E-state index contributed by atoms with van der Waals surface area (Å²) < 4.78 is 2.49. The van der Waals surface area contributed by atoms with Gasteiger partial charge in [-0.3, -0.25) is 0 Å². The summed E-state index contributed by atoms with van der Waals surface area (Å²) in [5.74, 6) is 0.591. The Morgan fingerprint density at radius 3 is 1.95 bits per heavy atom. The van der Waals surface area contributed by atoms with Gasteiger partial charge in [0.15, 0.2) is 0 Å². The number of hydrogen-bond donors (Lipinski definition) is 0. The summed E-state index contributed by atoms with van der Waals surface area (Å²) in [4.78, 5) is 2.69. The van der Waals surface area contributed by atoms with E-state index in [-0.39, 0.29) is 6.04 Å². The third-order valence-corrected chi connectivity index (χ3v) is 13.1. The van der Waals surface area contributed by atoms with Gasteiger partial charge >= 0.3 is 0 Å². The molecule has 0 saturated heterocycles. The molecule has 0 aliphatic heterocycles. The normalized spacial score (nSPS) is 15.7. The van der Waals surface area contributed by atoms with Gasteiger partial charge in [0, 0.05) is 27.7 Å². The molecule has 2 aliphatic carbocycles. The number of anilines is 2. The number of nitrogens with zero attached hydrogens (tertiary/aromatic N) is 2. The minimum atomic E-state index is 0.0117. The fraction of sp³-hybridized carbons (Fsp3) is 0.138. The molecule has 2 aliphatic rings. The molecule has 60 heavy (non-hydrogen) atoms. The van der Waals surface area contributed by atoms with Gasteiger partial charge in [0.25, 0.3) is 0 Å². The Bertz CT molecular complexity index is 3030. The molecule has 9 aromatic rings. The van der Waals surface area contributed by atoms with Crippen LogP contribution >= 0.6 is 0 Å². The van der Waals surface area contributed by atoms with Crippen molar-refractivity contribution in [1.82, 2.24) is 4.57 Å². The Labute approximate surface area is 353 Å². The van der Waals surface area contributed by atoms with E-state index < -0.39 is 0 Å². The minimum absolute atomic E-state index is 0.0117. The summed E-state index contributed by atoms with van der Waals surface area (Å²) in [6.07, 6.45) is 14.5. The van der Waals surface area contributed by atoms with Crippen molar-refractivity contribution in [3.63, 3.8) is 0 Å². The van der Waals surface area contributed by atoms with Gasteiger partial charge in [0.2, 0.25) is 0 Å².